The summed E-state index contributed by atoms with van der Waals surface area (Å²) in [5.41, 5.74) is 1.55. The molecule has 1 aromatic carbocycles. The van der Waals surface area contributed by atoms with Gasteiger partial charge in [0.05, 0.1) is 29.6 Å². The predicted octanol–water partition coefficient (Wildman–Crippen LogP) is 4.02. The quantitative estimate of drug-likeness (QED) is 0.409. The van der Waals surface area contributed by atoms with Crippen LogP contribution in [0, 0.1) is 5.92 Å². The minimum Gasteiger partial charge on any atom is -0.357 e. The molecule has 1 atom stereocenters. The van der Waals surface area contributed by atoms with Crippen LogP contribution in [-0.2, 0) is 13.2 Å². The van der Waals surface area contributed by atoms with Crippen LogP contribution in [0.4, 0.5) is 25.1 Å². The van der Waals surface area contributed by atoms with Gasteiger partial charge < -0.3 is 15.6 Å². The fourth-order valence-corrected chi connectivity index (χ4v) is 3.29. The van der Waals surface area contributed by atoms with Crippen LogP contribution in [-0.4, -0.2) is 41.7 Å². The third-order valence-electron chi connectivity index (χ3n) is 4.90. The van der Waals surface area contributed by atoms with Gasteiger partial charge in [-0.2, -0.15) is 33.2 Å². The number of benzene rings is 1. The lowest BCUT2D eigenvalue weighted by molar-refractivity contribution is -0.144. The van der Waals surface area contributed by atoms with E-state index >= 15 is 0 Å². The highest BCUT2D eigenvalue weighted by atomic mass is 19.4. The van der Waals surface area contributed by atoms with Gasteiger partial charge in [-0.1, -0.05) is 26.0 Å². The van der Waals surface area contributed by atoms with Crippen molar-refractivity contribution in [2.24, 2.45) is 13.0 Å². The number of hydrogen-bond donors (Lipinski definition) is 3. The van der Waals surface area contributed by atoms with Crippen molar-refractivity contribution in [1.82, 2.24) is 34.7 Å². The van der Waals surface area contributed by atoms with Crippen LogP contribution >= 0.6 is 0 Å². The van der Waals surface area contributed by atoms with Crippen molar-refractivity contribution in [3.05, 3.63) is 42.1 Å². The Kier molecular flexibility index (Phi) is 4.53. The Hall–Kier alpha value is -3.70. The van der Waals surface area contributed by atoms with Crippen molar-refractivity contribution in [3.8, 4) is 11.4 Å². The first-order valence-electron chi connectivity index (χ1n) is 11.2. The molecule has 0 aliphatic rings. The summed E-state index contributed by atoms with van der Waals surface area (Å²) in [6.07, 6.45) is -1.82. The molecule has 12 heteroatoms. The van der Waals surface area contributed by atoms with Crippen molar-refractivity contribution < 1.29 is 17.3 Å². The molecule has 3 N–H and O–H groups in total. The number of nitrogens with zero attached hydrogens (tertiary/aromatic N) is 6. The Bertz CT molecular complexity index is 1350. The second kappa shape index (κ2) is 8.09. The van der Waals surface area contributed by atoms with Crippen molar-refractivity contribution in [3.63, 3.8) is 0 Å². The minimum absolute atomic E-state index is 0.0197. The average molecular weight is 448 g/mol. The van der Waals surface area contributed by atoms with Crippen LogP contribution in [0.3, 0.4) is 0 Å². The predicted molar refractivity (Wildman–Crippen MR) is 114 cm³/mol. The molecule has 0 unspecified atom stereocenters. The fraction of sp³-hybridized carbons (Fsp3) is 0.350. The maximum Gasteiger partial charge on any atom is 0.449 e. The number of anilines is 2. The molecule has 0 radical (unpaired) electrons. The van der Waals surface area contributed by atoms with E-state index < -0.39 is 25.0 Å². The van der Waals surface area contributed by atoms with E-state index in [1.807, 2.05) is 6.07 Å². The van der Waals surface area contributed by atoms with E-state index in [-0.39, 0.29) is 29.3 Å². The van der Waals surface area contributed by atoms with Crippen LogP contribution < -0.4 is 10.6 Å². The largest absolute Gasteiger partial charge is 0.449 e. The maximum absolute atomic E-state index is 13.0. The zero-order valence-electron chi connectivity index (χ0n) is 20.4. The molecule has 4 rings (SSSR count). The highest BCUT2D eigenvalue weighted by Crippen LogP contribution is 2.31. The van der Waals surface area contributed by atoms with Crippen molar-refractivity contribution >= 4 is 22.8 Å². The van der Waals surface area contributed by atoms with Gasteiger partial charge in [0, 0.05) is 29.1 Å². The van der Waals surface area contributed by atoms with E-state index in [1.165, 1.54) is 0 Å². The van der Waals surface area contributed by atoms with Gasteiger partial charge in [-0.25, -0.2) is 4.98 Å². The van der Waals surface area contributed by atoms with Crippen molar-refractivity contribution in [2.75, 3.05) is 17.6 Å². The van der Waals surface area contributed by atoms with E-state index in [0.29, 0.717) is 5.56 Å². The first-order valence-corrected chi connectivity index (χ1v) is 9.65. The summed E-state index contributed by atoms with van der Waals surface area (Å²) in [6, 6.07) is 4.69. The number of imidazole rings is 1. The second-order valence-corrected chi connectivity index (χ2v) is 7.52. The van der Waals surface area contributed by atoms with Gasteiger partial charge in [0.25, 0.3) is 0 Å². The molecule has 9 nitrogen and oxygen atoms in total. The van der Waals surface area contributed by atoms with Crippen molar-refractivity contribution in [2.45, 2.75) is 26.1 Å². The number of fused-ring (bicyclic) bond motifs is 1. The molecular weight excluding hydrogens is 423 g/mol. The SMILES string of the molecule is [2H]C([2H])([2H])Nc1nc(N[C@@H](c2cnc(C(F)(F)F)[nH]2)C(C)C)nc(-c2ccc3cnn(C)c3c2)n1. The number of rotatable bonds is 6. The molecule has 0 fully saturated rings. The Morgan fingerprint density at radius 2 is 1.91 bits per heavy atom. The number of alkyl halides is 3. The summed E-state index contributed by atoms with van der Waals surface area (Å²) in [7, 11) is 1.78. The third kappa shape index (κ3) is 4.20. The zero-order chi connectivity index (χ0) is 25.5. The summed E-state index contributed by atoms with van der Waals surface area (Å²) in [6.45, 7) is 1.02. The molecule has 0 spiro atoms. The lowest BCUT2D eigenvalue weighted by atomic mass is 10.0. The number of nitrogens with one attached hydrogen (secondary N) is 3. The summed E-state index contributed by atoms with van der Waals surface area (Å²) in [4.78, 5) is 18.5. The molecule has 3 heterocycles. The zero-order valence-corrected chi connectivity index (χ0v) is 17.4. The molecule has 3 aromatic heterocycles. The van der Waals surface area contributed by atoms with E-state index in [9.17, 15) is 13.2 Å². The molecule has 32 heavy (non-hydrogen) atoms. The molecule has 0 amide bonds. The van der Waals surface area contributed by atoms with Crippen LogP contribution in [0.1, 0.15) is 35.5 Å². The summed E-state index contributed by atoms with van der Waals surface area (Å²) in [5.74, 6) is -1.40. The Labute approximate surface area is 185 Å². The standard InChI is InChI=1S/C20H22F3N9/c1-10(2)15(13-9-25-17(27-13)20(21,22)23)28-19-30-16(29-18(24-3)31-19)11-5-6-12-8-26-32(4)14(12)7-11/h5-10,15H,1-4H3,(H,25,27)(H2,24,28,29,30,31)/t15-/m1/s1/i3D3. The molecule has 0 aliphatic heterocycles. The summed E-state index contributed by atoms with van der Waals surface area (Å²) in [5, 5.41) is 10.3. The molecule has 4 aromatic rings. The number of H-pyrrole nitrogens is 1. The highest BCUT2D eigenvalue weighted by molar-refractivity contribution is 5.83. The summed E-state index contributed by atoms with van der Waals surface area (Å²) < 4.78 is 63.3. The Morgan fingerprint density at radius 1 is 1.12 bits per heavy atom. The number of halogens is 3. The number of hydrogen-bond acceptors (Lipinski definition) is 7. The molecule has 168 valence electrons. The van der Waals surface area contributed by atoms with Gasteiger partial charge in [0.1, 0.15) is 0 Å². The number of aromatic amines is 1. The van der Waals surface area contributed by atoms with Crippen LogP contribution in [0.5, 0.6) is 0 Å². The normalized spacial score (nSPS) is 14.8. The third-order valence-corrected chi connectivity index (χ3v) is 4.90. The molecule has 0 bridgehead atoms. The molecule has 0 saturated heterocycles. The van der Waals surface area contributed by atoms with E-state index in [1.54, 1.807) is 43.9 Å². The van der Waals surface area contributed by atoms with E-state index in [2.05, 4.69) is 40.7 Å². The fourth-order valence-electron chi connectivity index (χ4n) is 3.29. The Morgan fingerprint density at radius 3 is 2.59 bits per heavy atom. The maximum atomic E-state index is 13.0. The van der Waals surface area contributed by atoms with Gasteiger partial charge in [0.15, 0.2) is 5.82 Å². The van der Waals surface area contributed by atoms with E-state index in [4.69, 9.17) is 4.11 Å². The van der Waals surface area contributed by atoms with Crippen molar-refractivity contribution in [1.29, 1.82) is 0 Å². The van der Waals surface area contributed by atoms with Crippen LogP contribution in [0.15, 0.2) is 30.6 Å². The Balaban J connectivity index is 1.75. The second-order valence-electron chi connectivity index (χ2n) is 7.52. The van der Waals surface area contributed by atoms with Gasteiger partial charge >= 0.3 is 6.18 Å². The molecule has 0 aliphatic carbocycles. The lowest BCUT2D eigenvalue weighted by Gasteiger charge is -2.21. The first kappa shape index (κ1) is 17.9. The number of aryl methyl sites for hydroxylation is 1. The van der Waals surface area contributed by atoms with E-state index in [0.717, 1.165) is 17.1 Å². The smallest absolute Gasteiger partial charge is 0.357 e. The van der Waals surface area contributed by atoms with Crippen LogP contribution in [0.25, 0.3) is 22.3 Å². The lowest BCUT2D eigenvalue weighted by Crippen LogP contribution is -2.20. The average Bonchev–Trinajstić information content (AvgIpc) is 3.37. The van der Waals surface area contributed by atoms with Gasteiger partial charge in [0.2, 0.25) is 17.7 Å². The highest BCUT2D eigenvalue weighted by Gasteiger charge is 2.35. The monoisotopic (exact) mass is 448 g/mol. The molecule has 0 saturated carbocycles. The summed E-state index contributed by atoms with van der Waals surface area (Å²) >= 11 is 0. The van der Waals surface area contributed by atoms with Crippen LogP contribution in [0.2, 0.25) is 0 Å². The molecular formula is C20H22F3N9. The number of aromatic nitrogens is 7. The topological polar surface area (TPSA) is 109 Å². The van der Waals surface area contributed by atoms with Gasteiger partial charge in [-0.3, -0.25) is 4.68 Å². The van der Waals surface area contributed by atoms with Gasteiger partial charge in [-0.15, -0.1) is 0 Å². The van der Waals surface area contributed by atoms with Gasteiger partial charge in [-0.05, 0) is 12.0 Å². The minimum atomic E-state index is -4.62. The first-order chi connectivity index (χ1) is 16.3.